The third-order valence-corrected chi connectivity index (χ3v) is 5.77. The van der Waals surface area contributed by atoms with Crippen LogP contribution in [0, 0.1) is 0 Å². The molecule has 0 unspecified atom stereocenters. The SMILES string of the molecule is CCOC(=O)c1c(Nc2ccc(Cl)cc2)oc(/C=N\NC(=O)c2cc(Br)cc(Br)c2O)c1Cl. The van der Waals surface area contributed by atoms with Gasteiger partial charge in [0.05, 0.1) is 22.9 Å². The van der Waals surface area contributed by atoms with E-state index in [-0.39, 0.29) is 40.2 Å². The summed E-state index contributed by atoms with van der Waals surface area (Å²) in [6, 6.07) is 9.70. The van der Waals surface area contributed by atoms with Gasteiger partial charge in [-0.2, -0.15) is 5.10 Å². The van der Waals surface area contributed by atoms with E-state index in [2.05, 4.69) is 47.7 Å². The number of nitrogens with zero attached hydrogens (tertiary/aromatic N) is 1. The van der Waals surface area contributed by atoms with Crippen LogP contribution >= 0.6 is 55.1 Å². The highest BCUT2D eigenvalue weighted by molar-refractivity contribution is 9.11. The van der Waals surface area contributed by atoms with Crippen LogP contribution in [-0.2, 0) is 4.74 Å². The van der Waals surface area contributed by atoms with Gasteiger partial charge in [0.2, 0.25) is 5.88 Å². The maximum atomic E-state index is 12.4. The van der Waals surface area contributed by atoms with E-state index >= 15 is 0 Å². The number of hydrazone groups is 1. The molecule has 0 radical (unpaired) electrons. The predicted molar refractivity (Wildman–Crippen MR) is 133 cm³/mol. The fraction of sp³-hybridized carbons (Fsp3) is 0.0952. The summed E-state index contributed by atoms with van der Waals surface area (Å²) in [5, 5.41) is 17.3. The van der Waals surface area contributed by atoms with Gasteiger partial charge in [-0.3, -0.25) is 4.79 Å². The number of hydrogen-bond acceptors (Lipinski definition) is 7. The Hall–Kier alpha value is -2.53. The van der Waals surface area contributed by atoms with E-state index in [1.165, 1.54) is 6.07 Å². The van der Waals surface area contributed by atoms with Gasteiger partial charge in [0, 0.05) is 15.2 Å². The summed E-state index contributed by atoms with van der Waals surface area (Å²) in [6.07, 6.45) is 1.13. The molecule has 1 heterocycles. The molecule has 8 nitrogen and oxygen atoms in total. The first-order valence-electron chi connectivity index (χ1n) is 9.24. The molecule has 0 spiro atoms. The van der Waals surface area contributed by atoms with E-state index in [1.54, 1.807) is 37.3 Å². The number of esters is 1. The van der Waals surface area contributed by atoms with E-state index < -0.39 is 11.9 Å². The number of benzene rings is 2. The van der Waals surface area contributed by atoms with Crippen LogP contribution in [-0.4, -0.2) is 29.8 Å². The quantitative estimate of drug-likeness (QED) is 0.158. The number of amides is 1. The molecular weight excluding hydrogens is 605 g/mol. The number of aromatic hydroxyl groups is 1. The number of carbonyl (C=O) groups is 2. The number of furan rings is 1. The number of phenolic OH excluding ortho intramolecular Hbond substituents is 1. The third-order valence-electron chi connectivity index (χ3n) is 4.08. The van der Waals surface area contributed by atoms with Crippen molar-refractivity contribution in [3.8, 4) is 5.75 Å². The molecule has 0 fully saturated rings. The van der Waals surface area contributed by atoms with E-state index in [9.17, 15) is 14.7 Å². The second-order valence-electron chi connectivity index (χ2n) is 6.32. The molecule has 3 N–H and O–H groups in total. The standard InChI is InChI=1S/C21H15Br2Cl2N3O5/c1-2-32-21(31)16-17(25)15(33-20(16)27-12-5-3-11(24)4-6-12)9-26-28-19(30)13-7-10(22)8-14(23)18(13)29/h3-9,27,29H,2H2,1H3,(H,28,30)/b26-9-. The Morgan fingerprint density at radius 3 is 2.58 bits per heavy atom. The predicted octanol–water partition coefficient (Wildman–Crippen LogP) is 6.50. The van der Waals surface area contributed by atoms with Gasteiger partial charge in [-0.15, -0.1) is 0 Å². The minimum absolute atomic E-state index is 0.00359. The van der Waals surface area contributed by atoms with Crippen LogP contribution < -0.4 is 10.7 Å². The molecule has 172 valence electrons. The van der Waals surface area contributed by atoms with Crippen LogP contribution in [0.2, 0.25) is 10.0 Å². The van der Waals surface area contributed by atoms with Gasteiger partial charge in [0.15, 0.2) is 5.76 Å². The molecule has 12 heteroatoms. The third kappa shape index (κ3) is 6.08. The van der Waals surface area contributed by atoms with Gasteiger partial charge in [-0.1, -0.05) is 39.1 Å². The molecule has 0 saturated carbocycles. The fourth-order valence-electron chi connectivity index (χ4n) is 2.60. The molecule has 0 saturated heterocycles. The minimum atomic E-state index is -0.699. The van der Waals surface area contributed by atoms with Crippen LogP contribution in [0.15, 0.2) is 54.9 Å². The van der Waals surface area contributed by atoms with Crippen LogP contribution in [0.3, 0.4) is 0 Å². The van der Waals surface area contributed by atoms with Crippen molar-refractivity contribution in [3.05, 3.63) is 72.3 Å². The van der Waals surface area contributed by atoms with Crippen molar-refractivity contribution >= 4 is 84.7 Å². The van der Waals surface area contributed by atoms with Crippen LogP contribution in [0.25, 0.3) is 0 Å². The zero-order chi connectivity index (χ0) is 24.1. The van der Waals surface area contributed by atoms with Crippen molar-refractivity contribution in [2.24, 2.45) is 5.10 Å². The molecule has 2 aromatic carbocycles. The lowest BCUT2D eigenvalue weighted by molar-refractivity contribution is 0.0527. The Bertz CT molecular complexity index is 1230. The molecular formula is C21H15Br2Cl2N3O5. The van der Waals surface area contributed by atoms with Crippen LogP contribution in [0.4, 0.5) is 11.6 Å². The zero-order valence-electron chi connectivity index (χ0n) is 16.8. The lowest BCUT2D eigenvalue weighted by atomic mass is 10.2. The topological polar surface area (TPSA) is 113 Å². The summed E-state index contributed by atoms with van der Waals surface area (Å²) in [7, 11) is 0. The molecule has 3 rings (SSSR count). The van der Waals surface area contributed by atoms with Gasteiger partial charge >= 0.3 is 5.97 Å². The largest absolute Gasteiger partial charge is 0.506 e. The Morgan fingerprint density at radius 2 is 1.91 bits per heavy atom. The molecule has 0 atom stereocenters. The van der Waals surface area contributed by atoms with Gasteiger partial charge in [-0.05, 0) is 59.3 Å². The highest BCUT2D eigenvalue weighted by atomic mass is 79.9. The van der Waals surface area contributed by atoms with Gasteiger partial charge in [0.25, 0.3) is 5.91 Å². The minimum Gasteiger partial charge on any atom is -0.506 e. The summed E-state index contributed by atoms with van der Waals surface area (Å²) >= 11 is 18.6. The summed E-state index contributed by atoms with van der Waals surface area (Å²) in [5.74, 6) is -1.60. The first kappa shape index (κ1) is 25.1. The first-order chi connectivity index (χ1) is 15.7. The smallest absolute Gasteiger partial charge is 0.345 e. The molecule has 0 bridgehead atoms. The van der Waals surface area contributed by atoms with Crippen molar-refractivity contribution < 1.29 is 23.8 Å². The van der Waals surface area contributed by atoms with Crippen LogP contribution in [0.1, 0.15) is 33.4 Å². The van der Waals surface area contributed by atoms with E-state index in [0.717, 1.165) is 6.21 Å². The Labute approximate surface area is 215 Å². The van der Waals surface area contributed by atoms with E-state index in [1.807, 2.05) is 0 Å². The van der Waals surface area contributed by atoms with Crippen molar-refractivity contribution in [1.29, 1.82) is 0 Å². The highest BCUT2D eigenvalue weighted by Gasteiger charge is 2.26. The maximum Gasteiger partial charge on any atom is 0.345 e. The summed E-state index contributed by atoms with van der Waals surface area (Å²) in [5.41, 5.74) is 2.80. The van der Waals surface area contributed by atoms with Crippen molar-refractivity contribution in [2.75, 3.05) is 11.9 Å². The Morgan fingerprint density at radius 1 is 1.21 bits per heavy atom. The fourth-order valence-corrected chi connectivity index (χ4v) is 4.20. The number of halogens is 4. The highest BCUT2D eigenvalue weighted by Crippen LogP contribution is 2.34. The number of ether oxygens (including phenoxy) is 1. The number of anilines is 2. The number of hydrogen-bond donors (Lipinski definition) is 3. The second kappa shape index (κ2) is 11.1. The van der Waals surface area contributed by atoms with E-state index in [4.69, 9.17) is 32.4 Å². The molecule has 0 aliphatic carbocycles. The Balaban J connectivity index is 1.86. The molecule has 3 aromatic rings. The zero-order valence-corrected chi connectivity index (χ0v) is 21.5. The average Bonchev–Trinajstić information content (AvgIpc) is 3.07. The van der Waals surface area contributed by atoms with Crippen molar-refractivity contribution in [1.82, 2.24) is 5.43 Å². The monoisotopic (exact) mass is 617 g/mol. The van der Waals surface area contributed by atoms with Crippen molar-refractivity contribution in [3.63, 3.8) is 0 Å². The first-order valence-corrected chi connectivity index (χ1v) is 11.6. The normalized spacial score (nSPS) is 10.9. The molecule has 33 heavy (non-hydrogen) atoms. The lowest BCUT2D eigenvalue weighted by Crippen LogP contribution is -2.17. The molecule has 1 amide bonds. The van der Waals surface area contributed by atoms with Gasteiger partial charge in [-0.25, -0.2) is 10.2 Å². The Kier molecular flexibility index (Phi) is 8.41. The number of phenols is 1. The number of carbonyl (C=O) groups excluding carboxylic acids is 2. The average molecular weight is 620 g/mol. The number of nitrogens with one attached hydrogen (secondary N) is 2. The second-order valence-corrected chi connectivity index (χ2v) is 8.90. The summed E-state index contributed by atoms with van der Waals surface area (Å²) in [4.78, 5) is 24.8. The summed E-state index contributed by atoms with van der Waals surface area (Å²) in [6.45, 7) is 1.79. The number of rotatable bonds is 7. The van der Waals surface area contributed by atoms with Gasteiger partial charge < -0.3 is 19.6 Å². The lowest BCUT2D eigenvalue weighted by Gasteiger charge is -2.06. The van der Waals surface area contributed by atoms with Gasteiger partial charge in [0.1, 0.15) is 16.3 Å². The molecule has 0 aliphatic heterocycles. The van der Waals surface area contributed by atoms with Crippen molar-refractivity contribution in [2.45, 2.75) is 6.92 Å². The van der Waals surface area contributed by atoms with E-state index in [0.29, 0.717) is 19.7 Å². The summed E-state index contributed by atoms with van der Waals surface area (Å²) < 4.78 is 11.6. The van der Waals surface area contributed by atoms with Crippen LogP contribution in [0.5, 0.6) is 5.75 Å². The maximum absolute atomic E-state index is 12.4. The molecule has 1 aromatic heterocycles. The molecule has 0 aliphatic rings.